The van der Waals surface area contributed by atoms with Gasteiger partial charge < -0.3 is 15.3 Å². The smallest absolute Gasteiger partial charge is 0.407 e. The van der Waals surface area contributed by atoms with Crippen molar-refractivity contribution < 1.29 is 9.90 Å². The number of rotatable bonds is 2. The van der Waals surface area contributed by atoms with E-state index in [1.807, 2.05) is 0 Å². The third-order valence-corrected chi connectivity index (χ3v) is 4.38. The van der Waals surface area contributed by atoms with E-state index in [0.29, 0.717) is 11.0 Å². The Labute approximate surface area is 122 Å². The molecule has 108 valence electrons. The number of nitrogens with zero attached hydrogens (tertiary/aromatic N) is 3. The van der Waals surface area contributed by atoms with Crippen molar-refractivity contribution in [2.24, 2.45) is 0 Å². The number of amides is 1. The Hall–Kier alpha value is -1.56. The summed E-state index contributed by atoms with van der Waals surface area (Å²) in [6.45, 7) is 0. The molecule has 1 unspecified atom stereocenters. The van der Waals surface area contributed by atoms with Gasteiger partial charge in [0.15, 0.2) is 5.15 Å². The molecule has 3 rings (SSSR count). The van der Waals surface area contributed by atoms with Crippen molar-refractivity contribution in [3.8, 4) is 0 Å². The van der Waals surface area contributed by atoms with E-state index in [1.165, 1.54) is 0 Å². The van der Waals surface area contributed by atoms with E-state index in [2.05, 4.69) is 15.5 Å². The topological polar surface area (TPSA) is 78.4 Å². The van der Waals surface area contributed by atoms with Crippen molar-refractivity contribution >= 4 is 23.5 Å². The van der Waals surface area contributed by atoms with E-state index in [0.717, 1.165) is 32.1 Å². The van der Waals surface area contributed by atoms with Crippen LogP contribution in [0.3, 0.4) is 0 Å². The number of halogens is 1. The predicted molar refractivity (Wildman–Crippen MR) is 75.0 cm³/mol. The van der Waals surface area contributed by atoms with Crippen molar-refractivity contribution in [1.29, 1.82) is 0 Å². The fraction of sp³-hybridized carbons (Fsp3) is 0.615. The summed E-state index contributed by atoms with van der Waals surface area (Å²) in [5, 5.41) is 20.8. The Morgan fingerprint density at radius 2 is 2.00 bits per heavy atom. The minimum absolute atomic E-state index is 0.123. The Bertz CT molecular complexity index is 482. The van der Waals surface area contributed by atoms with Crippen LogP contribution in [-0.2, 0) is 0 Å². The maximum Gasteiger partial charge on any atom is 0.407 e. The van der Waals surface area contributed by atoms with Gasteiger partial charge in [-0.05, 0) is 44.2 Å². The van der Waals surface area contributed by atoms with Gasteiger partial charge in [0.25, 0.3) is 0 Å². The van der Waals surface area contributed by atoms with Crippen LogP contribution in [0, 0.1) is 0 Å². The largest absolute Gasteiger partial charge is 0.465 e. The van der Waals surface area contributed by atoms with Crippen LogP contribution in [0.15, 0.2) is 12.1 Å². The molecular formula is C13H17ClN4O2. The summed E-state index contributed by atoms with van der Waals surface area (Å²) in [4.78, 5) is 13.0. The van der Waals surface area contributed by atoms with E-state index in [-0.39, 0.29) is 18.1 Å². The quantitative estimate of drug-likeness (QED) is 0.877. The van der Waals surface area contributed by atoms with Crippen molar-refractivity contribution in [3.63, 3.8) is 0 Å². The van der Waals surface area contributed by atoms with Gasteiger partial charge in [-0.2, -0.15) is 0 Å². The third kappa shape index (κ3) is 2.65. The summed E-state index contributed by atoms with van der Waals surface area (Å²) in [6.07, 6.45) is 3.89. The van der Waals surface area contributed by atoms with E-state index >= 15 is 0 Å². The SMILES string of the molecule is O=C(O)N1[C@@H]2CCC[C@H]1CC(Nc1ccc(Cl)nn1)C2. The standard InChI is InChI=1S/C13H17ClN4O2/c14-11-4-5-12(17-16-11)15-8-6-9-2-1-3-10(7-8)18(9)13(19)20/h4-5,8-10H,1-3,6-7H2,(H,15,17)(H,19,20)/t8?,9-,10+. The van der Waals surface area contributed by atoms with Crippen LogP contribution in [0.4, 0.5) is 10.6 Å². The summed E-state index contributed by atoms with van der Waals surface area (Å²) in [5.74, 6) is 0.696. The van der Waals surface area contributed by atoms with Gasteiger partial charge in [-0.15, -0.1) is 10.2 Å². The second-order valence-electron chi connectivity index (χ2n) is 5.48. The molecule has 2 aliphatic rings. The average Bonchev–Trinajstić information content (AvgIpc) is 2.40. The predicted octanol–water partition coefficient (Wildman–Crippen LogP) is 2.61. The number of nitrogens with one attached hydrogen (secondary N) is 1. The van der Waals surface area contributed by atoms with Crippen molar-refractivity contribution in [2.45, 2.75) is 50.2 Å². The first-order valence-corrected chi connectivity index (χ1v) is 7.28. The molecule has 3 heterocycles. The van der Waals surface area contributed by atoms with Gasteiger partial charge >= 0.3 is 6.09 Å². The number of carboxylic acid groups (broad SMARTS) is 1. The van der Waals surface area contributed by atoms with E-state index in [1.54, 1.807) is 17.0 Å². The number of aromatic nitrogens is 2. The van der Waals surface area contributed by atoms with Crippen LogP contribution in [0.5, 0.6) is 0 Å². The van der Waals surface area contributed by atoms with Crippen LogP contribution in [0.25, 0.3) is 0 Å². The molecule has 2 N–H and O–H groups in total. The maximum atomic E-state index is 11.3. The molecule has 2 aliphatic heterocycles. The monoisotopic (exact) mass is 296 g/mol. The zero-order valence-electron chi connectivity index (χ0n) is 11.0. The first-order valence-electron chi connectivity index (χ1n) is 6.90. The van der Waals surface area contributed by atoms with E-state index < -0.39 is 6.09 Å². The van der Waals surface area contributed by atoms with Crippen LogP contribution < -0.4 is 5.32 Å². The molecule has 2 bridgehead atoms. The van der Waals surface area contributed by atoms with Gasteiger partial charge in [0, 0.05) is 18.1 Å². The molecule has 20 heavy (non-hydrogen) atoms. The zero-order chi connectivity index (χ0) is 14.1. The lowest BCUT2D eigenvalue weighted by Gasteiger charge is -2.47. The number of piperidine rings is 2. The Morgan fingerprint density at radius 3 is 2.55 bits per heavy atom. The zero-order valence-corrected chi connectivity index (χ0v) is 11.8. The molecular weight excluding hydrogens is 280 g/mol. The number of hydrogen-bond acceptors (Lipinski definition) is 4. The van der Waals surface area contributed by atoms with Gasteiger partial charge in [-0.25, -0.2) is 4.79 Å². The maximum absolute atomic E-state index is 11.3. The van der Waals surface area contributed by atoms with E-state index in [9.17, 15) is 9.90 Å². The Balaban J connectivity index is 1.68. The summed E-state index contributed by atoms with van der Waals surface area (Å²) in [5.41, 5.74) is 0. The molecule has 1 amide bonds. The van der Waals surface area contributed by atoms with Crippen LogP contribution in [0.1, 0.15) is 32.1 Å². The van der Waals surface area contributed by atoms with Gasteiger partial charge in [0.05, 0.1) is 0 Å². The number of anilines is 1. The molecule has 7 heteroatoms. The fourth-order valence-electron chi connectivity index (χ4n) is 3.41. The average molecular weight is 297 g/mol. The van der Waals surface area contributed by atoms with Crippen LogP contribution in [0.2, 0.25) is 5.15 Å². The molecule has 2 saturated heterocycles. The summed E-state index contributed by atoms with van der Waals surface area (Å²) >= 11 is 5.71. The Kier molecular flexibility index (Phi) is 3.65. The highest BCUT2D eigenvalue weighted by atomic mass is 35.5. The fourth-order valence-corrected chi connectivity index (χ4v) is 3.51. The van der Waals surface area contributed by atoms with Gasteiger partial charge in [0.1, 0.15) is 5.82 Å². The molecule has 6 nitrogen and oxygen atoms in total. The molecule has 0 spiro atoms. The lowest BCUT2D eigenvalue weighted by atomic mass is 9.82. The molecule has 3 atom stereocenters. The summed E-state index contributed by atoms with van der Waals surface area (Å²) < 4.78 is 0. The van der Waals surface area contributed by atoms with Gasteiger partial charge in [-0.3, -0.25) is 0 Å². The van der Waals surface area contributed by atoms with Crippen LogP contribution >= 0.6 is 11.6 Å². The van der Waals surface area contributed by atoms with Gasteiger partial charge in [0.2, 0.25) is 0 Å². The summed E-state index contributed by atoms with van der Waals surface area (Å²) in [7, 11) is 0. The highest BCUT2D eigenvalue weighted by Crippen LogP contribution is 2.35. The van der Waals surface area contributed by atoms with Crippen molar-refractivity contribution in [3.05, 3.63) is 17.3 Å². The molecule has 0 aromatic carbocycles. The molecule has 0 radical (unpaired) electrons. The minimum Gasteiger partial charge on any atom is -0.465 e. The highest BCUT2D eigenvalue weighted by molar-refractivity contribution is 6.29. The lowest BCUT2D eigenvalue weighted by molar-refractivity contribution is 0.0385. The second kappa shape index (κ2) is 5.44. The molecule has 1 aromatic rings. The minimum atomic E-state index is -0.788. The van der Waals surface area contributed by atoms with Crippen LogP contribution in [-0.4, -0.2) is 44.4 Å². The second-order valence-corrected chi connectivity index (χ2v) is 5.87. The molecule has 2 fully saturated rings. The Morgan fingerprint density at radius 1 is 1.30 bits per heavy atom. The molecule has 0 aliphatic carbocycles. The lowest BCUT2D eigenvalue weighted by Crippen LogP contribution is -2.56. The summed E-state index contributed by atoms with van der Waals surface area (Å²) in [6, 6.07) is 3.99. The van der Waals surface area contributed by atoms with E-state index in [4.69, 9.17) is 11.6 Å². The first-order chi connectivity index (χ1) is 9.63. The third-order valence-electron chi connectivity index (χ3n) is 4.18. The highest BCUT2D eigenvalue weighted by Gasteiger charge is 2.40. The normalized spacial score (nSPS) is 29.1. The molecule has 1 aromatic heterocycles. The van der Waals surface area contributed by atoms with Crippen molar-refractivity contribution in [1.82, 2.24) is 15.1 Å². The number of carbonyl (C=O) groups is 1. The van der Waals surface area contributed by atoms with Crippen molar-refractivity contribution in [2.75, 3.05) is 5.32 Å². The first kappa shape index (κ1) is 13.4. The number of fused-ring (bicyclic) bond motifs is 2. The van der Waals surface area contributed by atoms with Gasteiger partial charge in [-0.1, -0.05) is 11.6 Å². The number of hydrogen-bond donors (Lipinski definition) is 2. The molecule has 0 saturated carbocycles.